The van der Waals surface area contributed by atoms with Crippen molar-refractivity contribution in [1.29, 1.82) is 0 Å². The molecule has 0 aromatic heterocycles. The van der Waals surface area contributed by atoms with Crippen molar-refractivity contribution in [3.63, 3.8) is 0 Å². The molecule has 0 unspecified atom stereocenters. The summed E-state index contributed by atoms with van der Waals surface area (Å²) in [6, 6.07) is 11.9. The SMILES string of the molecule is CCCN(CC(=O)Nc1ccccc1OC)S(=O)(=O)c1ccccc1F. The minimum atomic E-state index is -4.13. The lowest BCUT2D eigenvalue weighted by Crippen LogP contribution is -2.38. The van der Waals surface area contributed by atoms with E-state index in [-0.39, 0.29) is 6.54 Å². The van der Waals surface area contributed by atoms with E-state index in [4.69, 9.17) is 4.74 Å². The van der Waals surface area contributed by atoms with Crippen molar-refractivity contribution in [3.05, 3.63) is 54.3 Å². The van der Waals surface area contributed by atoms with Gasteiger partial charge in [0.2, 0.25) is 15.9 Å². The Labute approximate surface area is 152 Å². The number of hydrogen-bond donors (Lipinski definition) is 1. The van der Waals surface area contributed by atoms with Gasteiger partial charge >= 0.3 is 0 Å². The highest BCUT2D eigenvalue weighted by Gasteiger charge is 2.28. The van der Waals surface area contributed by atoms with Crippen molar-refractivity contribution in [2.75, 3.05) is 25.5 Å². The van der Waals surface area contributed by atoms with E-state index >= 15 is 0 Å². The summed E-state index contributed by atoms with van der Waals surface area (Å²) in [7, 11) is -2.66. The maximum atomic E-state index is 13.9. The van der Waals surface area contributed by atoms with Crippen LogP contribution >= 0.6 is 0 Å². The standard InChI is InChI=1S/C18H21FN2O4S/c1-3-12-21(26(23,24)17-11-7-4-8-14(17)19)13-18(22)20-15-9-5-6-10-16(15)25-2/h4-11H,3,12-13H2,1-2H3,(H,20,22). The second-order valence-corrected chi connectivity index (χ2v) is 7.42. The van der Waals surface area contributed by atoms with Crippen molar-refractivity contribution in [1.82, 2.24) is 4.31 Å². The Morgan fingerprint density at radius 3 is 2.46 bits per heavy atom. The monoisotopic (exact) mass is 380 g/mol. The summed E-state index contributed by atoms with van der Waals surface area (Å²) in [5.41, 5.74) is 0.430. The van der Waals surface area contributed by atoms with Gasteiger partial charge in [0, 0.05) is 6.54 Å². The van der Waals surface area contributed by atoms with Gasteiger partial charge in [0.15, 0.2) is 0 Å². The Bertz CT molecular complexity index is 871. The first kappa shape index (κ1) is 19.9. The van der Waals surface area contributed by atoms with Gasteiger partial charge < -0.3 is 10.1 Å². The summed E-state index contributed by atoms with van der Waals surface area (Å²) < 4.78 is 45.5. The Kier molecular flexibility index (Phi) is 6.70. The zero-order chi connectivity index (χ0) is 19.2. The van der Waals surface area contributed by atoms with Gasteiger partial charge in [-0.2, -0.15) is 4.31 Å². The van der Waals surface area contributed by atoms with Crippen LogP contribution in [0.15, 0.2) is 53.4 Å². The molecule has 0 spiro atoms. The third kappa shape index (κ3) is 4.59. The molecule has 26 heavy (non-hydrogen) atoms. The number of rotatable bonds is 8. The van der Waals surface area contributed by atoms with Gasteiger partial charge in [0.05, 0.1) is 19.3 Å². The summed E-state index contributed by atoms with van der Waals surface area (Å²) in [6.07, 6.45) is 0.482. The van der Waals surface area contributed by atoms with Crippen LogP contribution in [0.5, 0.6) is 5.75 Å². The predicted octanol–water partition coefficient (Wildman–Crippen LogP) is 2.87. The highest BCUT2D eigenvalue weighted by Crippen LogP contribution is 2.23. The van der Waals surface area contributed by atoms with Crippen LogP contribution in [0.4, 0.5) is 10.1 Å². The predicted molar refractivity (Wildman–Crippen MR) is 97.1 cm³/mol. The maximum absolute atomic E-state index is 13.9. The minimum Gasteiger partial charge on any atom is -0.495 e. The lowest BCUT2D eigenvalue weighted by molar-refractivity contribution is -0.116. The van der Waals surface area contributed by atoms with Crippen LogP contribution < -0.4 is 10.1 Å². The van der Waals surface area contributed by atoms with Gasteiger partial charge in [0.25, 0.3) is 0 Å². The molecule has 0 radical (unpaired) electrons. The van der Waals surface area contributed by atoms with Gasteiger partial charge in [-0.15, -0.1) is 0 Å². The first-order chi connectivity index (χ1) is 12.4. The number of ether oxygens (including phenoxy) is 1. The second kappa shape index (κ2) is 8.77. The van der Waals surface area contributed by atoms with Gasteiger partial charge in [-0.1, -0.05) is 31.2 Å². The largest absolute Gasteiger partial charge is 0.495 e. The molecule has 2 aromatic carbocycles. The number of para-hydroxylation sites is 2. The van der Waals surface area contributed by atoms with Gasteiger partial charge in [-0.3, -0.25) is 4.79 Å². The van der Waals surface area contributed by atoms with Crippen LogP contribution in [-0.4, -0.2) is 38.8 Å². The van der Waals surface area contributed by atoms with Crippen LogP contribution in [0.1, 0.15) is 13.3 Å². The number of amides is 1. The minimum absolute atomic E-state index is 0.0933. The third-order valence-corrected chi connectivity index (χ3v) is 5.51. The molecule has 2 rings (SSSR count). The molecule has 1 N–H and O–H groups in total. The first-order valence-corrected chi connectivity index (χ1v) is 9.51. The molecule has 0 heterocycles. The van der Waals surface area contributed by atoms with Crippen molar-refractivity contribution in [2.24, 2.45) is 0 Å². The number of hydrogen-bond acceptors (Lipinski definition) is 4. The molecular formula is C18H21FN2O4S. The number of halogens is 1. The normalized spacial score (nSPS) is 11.4. The van der Waals surface area contributed by atoms with Crippen molar-refractivity contribution < 1.29 is 22.3 Å². The molecule has 8 heteroatoms. The van der Waals surface area contributed by atoms with E-state index in [1.807, 2.05) is 0 Å². The highest BCUT2D eigenvalue weighted by atomic mass is 32.2. The quantitative estimate of drug-likeness (QED) is 0.764. The number of carbonyl (C=O) groups excluding carboxylic acids is 1. The average molecular weight is 380 g/mol. The van der Waals surface area contributed by atoms with Gasteiger partial charge in [-0.25, -0.2) is 12.8 Å². The van der Waals surface area contributed by atoms with E-state index < -0.39 is 33.2 Å². The van der Waals surface area contributed by atoms with Crippen molar-refractivity contribution >= 4 is 21.6 Å². The fourth-order valence-electron chi connectivity index (χ4n) is 2.42. The van der Waals surface area contributed by atoms with E-state index in [1.165, 1.54) is 25.3 Å². The van der Waals surface area contributed by atoms with E-state index in [0.29, 0.717) is 17.9 Å². The molecule has 1 amide bonds. The summed E-state index contributed by atoms with van der Waals surface area (Å²) in [5, 5.41) is 2.62. The first-order valence-electron chi connectivity index (χ1n) is 8.07. The number of sulfonamides is 1. The second-order valence-electron chi connectivity index (χ2n) is 5.52. The molecule has 0 aliphatic heterocycles. The summed E-state index contributed by atoms with van der Waals surface area (Å²) in [5.74, 6) is -0.929. The lowest BCUT2D eigenvalue weighted by Gasteiger charge is -2.21. The molecule has 0 saturated heterocycles. The number of nitrogens with one attached hydrogen (secondary N) is 1. The van der Waals surface area contributed by atoms with Crippen LogP contribution in [0, 0.1) is 5.82 Å². The molecule has 140 valence electrons. The summed E-state index contributed by atoms with van der Waals surface area (Å²) in [4.78, 5) is 11.9. The fraction of sp³-hybridized carbons (Fsp3) is 0.278. The van der Waals surface area contributed by atoms with Crippen molar-refractivity contribution in [3.8, 4) is 5.75 Å². The zero-order valence-electron chi connectivity index (χ0n) is 14.6. The van der Waals surface area contributed by atoms with E-state index in [2.05, 4.69) is 5.32 Å². The zero-order valence-corrected chi connectivity index (χ0v) is 15.4. The Balaban J connectivity index is 2.22. The molecule has 0 saturated carbocycles. The highest BCUT2D eigenvalue weighted by molar-refractivity contribution is 7.89. The molecule has 0 atom stereocenters. The topological polar surface area (TPSA) is 75.7 Å². The summed E-state index contributed by atoms with van der Waals surface area (Å²) in [6.45, 7) is 1.45. The van der Waals surface area contributed by atoms with E-state index in [9.17, 15) is 17.6 Å². The Hall–Kier alpha value is -2.45. The number of benzene rings is 2. The molecule has 2 aromatic rings. The van der Waals surface area contributed by atoms with Crippen LogP contribution in [0.3, 0.4) is 0 Å². The van der Waals surface area contributed by atoms with Crippen molar-refractivity contribution in [2.45, 2.75) is 18.2 Å². The fourth-order valence-corrected chi connectivity index (χ4v) is 3.98. The molecule has 0 aliphatic carbocycles. The smallest absolute Gasteiger partial charge is 0.246 e. The number of carbonyl (C=O) groups is 1. The van der Waals surface area contributed by atoms with Gasteiger partial charge in [0.1, 0.15) is 16.5 Å². The van der Waals surface area contributed by atoms with Crippen LogP contribution in [0.2, 0.25) is 0 Å². The Morgan fingerprint density at radius 2 is 1.81 bits per heavy atom. The van der Waals surface area contributed by atoms with Crippen LogP contribution in [-0.2, 0) is 14.8 Å². The summed E-state index contributed by atoms with van der Waals surface area (Å²) >= 11 is 0. The number of anilines is 1. The number of nitrogens with zero attached hydrogens (tertiary/aromatic N) is 1. The van der Waals surface area contributed by atoms with E-state index in [0.717, 1.165) is 10.4 Å². The Morgan fingerprint density at radius 1 is 1.15 bits per heavy atom. The van der Waals surface area contributed by atoms with Crippen LogP contribution in [0.25, 0.3) is 0 Å². The number of methoxy groups -OCH3 is 1. The molecule has 6 nitrogen and oxygen atoms in total. The van der Waals surface area contributed by atoms with Gasteiger partial charge in [-0.05, 0) is 30.7 Å². The van der Waals surface area contributed by atoms with E-state index in [1.54, 1.807) is 31.2 Å². The molecule has 0 bridgehead atoms. The third-order valence-electron chi connectivity index (χ3n) is 3.63. The molecule has 0 fully saturated rings. The lowest BCUT2D eigenvalue weighted by atomic mass is 10.3. The molecule has 0 aliphatic rings. The average Bonchev–Trinajstić information content (AvgIpc) is 2.62. The molecular weight excluding hydrogens is 359 g/mol. The maximum Gasteiger partial charge on any atom is 0.246 e.